The molecule has 1 amide bonds. The number of fused-ring (bicyclic) bond motifs is 1. The first kappa shape index (κ1) is 13.7. The molecule has 0 saturated heterocycles. The van der Waals surface area contributed by atoms with Crippen LogP contribution >= 0.6 is 11.6 Å². The number of hydrogen-bond donors (Lipinski definition) is 2. The summed E-state index contributed by atoms with van der Waals surface area (Å²) in [7, 11) is 0. The van der Waals surface area contributed by atoms with E-state index in [1.54, 1.807) is 0 Å². The zero-order valence-corrected chi connectivity index (χ0v) is 12.3. The highest BCUT2D eigenvalue weighted by atomic mass is 35.5. The van der Waals surface area contributed by atoms with E-state index in [2.05, 4.69) is 10.3 Å². The van der Waals surface area contributed by atoms with Gasteiger partial charge in [0.05, 0.1) is 6.04 Å². The lowest BCUT2D eigenvalue weighted by atomic mass is 10.1. The number of amides is 1. The Kier molecular flexibility index (Phi) is 3.67. The number of H-pyrrole nitrogens is 1. The average Bonchev–Trinajstić information content (AvgIpc) is 2.91. The fourth-order valence-corrected chi connectivity index (χ4v) is 2.53. The van der Waals surface area contributed by atoms with E-state index in [1.807, 2.05) is 61.5 Å². The molecule has 0 saturated carbocycles. The molecule has 0 radical (unpaired) electrons. The SMILES string of the molecule is C[C@@H](NC(=O)c1cc2ccccc2[nH]1)c1cccc(Cl)c1. The Morgan fingerprint density at radius 1 is 1.14 bits per heavy atom. The third-order valence-electron chi connectivity index (χ3n) is 3.47. The lowest BCUT2D eigenvalue weighted by Crippen LogP contribution is -2.26. The molecule has 2 N–H and O–H groups in total. The summed E-state index contributed by atoms with van der Waals surface area (Å²) in [5.41, 5.74) is 2.50. The zero-order valence-electron chi connectivity index (χ0n) is 11.6. The highest BCUT2D eigenvalue weighted by Crippen LogP contribution is 2.19. The van der Waals surface area contributed by atoms with Gasteiger partial charge in [0.2, 0.25) is 0 Å². The number of rotatable bonds is 3. The Morgan fingerprint density at radius 2 is 1.95 bits per heavy atom. The Hall–Kier alpha value is -2.26. The Labute approximate surface area is 127 Å². The Balaban J connectivity index is 1.79. The molecule has 0 aliphatic heterocycles. The molecule has 0 bridgehead atoms. The van der Waals surface area contributed by atoms with Gasteiger partial charge in [-0.05, 0) is 36.8 Å². The number of hydrogen-bond acceptors (Lipinski definition) is 1. The number of aromatic amines is 1. The molecular weight excluding hydrogens is 284 g/mol. The van der Waals surface area contributed by atoms with Crippen LogP contribution in [0, 0.1) is 0 Å². The van der Waals surface area contributed by atoms with Gasteiger partial charge in [-0.2, -0.15) is 0 Å². The van der Waals surface area contributed by atoms with Crippen molar-refractivity contribution in [3.8, 4) is 0 Å². The van der Waals surface area contributed by atoms with Crippen molar-refractivity contribution in [3.05, 3.63) is 70.9 Å². The molecule has 3 aromatic rings. The topological polar surface area (TPSA) is 44.9 Å². The van der Waals surface area contributed by atoms with Crippen LogP contribution in [-0.2, 0) is 0 Å². The number of para-hydroxylation sites is 1. The van der Waals surface area contributed by atoms with Crippen molar-refractivity contribution >= 4 is 28.4 Å². The highest BCUT2D eigenvalue weighted by Gasteiger charge is 2.13. The van der Waals surface area contributed by atoms with E-state index < -0.39 is 0 Å². The number of aromatic nitrogens is 1. The van der Waals surface area contributed by atoms with Gasteiger partial charge in [-0.3, -0.25) is 4.79 Å². The summed E-state index contributed by atoms with van der Waals surface area (Å²) >= 11 is 5.98. The lowest BCUT2D eigenvalue weighted by molar-refractivity contribution is 0.0935. The molecule has 0 aliphatic rings. The van der Waals surface area contributed by atoms with Gasteiger partial charge in [-0.15, -0.1) is 0 Å². The van der Waals surface area contributed by atoms with Crippen LogP contribution in [0.5, 0.6) is 0 Å². The van der Waals surface area contributed by atoms with Crippen LogP contribution in [0.3, 0.4) is 0 Å². The van der Waals surface area contributed by atoms with Gasteiger partial charge in [0.15, 0.2) is 0 Å². The molecule has 0 unspecified atom stereocenters. The maximum atomic E-state index is 12.3. The predicted molar refractivity (Wildman–Crippen MR) is 85.6 cm³/mol. The molecule has 4 heteroatoms. The van der Waals surface area contributed by atoms with Crippen molar-refractivity contribution in [2.45, 2.75) is 13.0 Å². The van der Waals surface area contributed by atoms with Crippen molar-refractivity contribution in [2.75, 3.05) is 0 Å². The largest absolute Gasteiger partial charge is 0.351 e. The molecule has 106 valence electrons. The van der Waals surface area contributed by atoms with Crippen LogP contribution in [0.15, 0.2) is 54.6 Å². The maximum Gasteiger partial charge on any atom is 0.268 e. The normalized spacial score (nSPS) is 12.3. The fourth-order valence-electron chi connectivity index (χ4n) is 2.33. The first-order chi connectivity index (χ1) is 10.1. The molecule has 0 fully saturated rings. The monoisotopic (exact) mass is 298 g/mol. The molecular formula is C17H15ClN2O. The first-order valence-electron chi connectivity index (χ1n) is 6.77. The minimum atomic E-state index is -0.126. The van der Waals surface area contributed by atoms with E-state index in [9.17, 15) is 4.79 Å². The standard InChI is InChI=1S/C17H15ClN2O/c1-11(12-6-4-7-14(18)9-12)19-17(21)16-10-13-5-2-3-8-15(13)20-16/h2-11,20H,1H3,(H,19,21)/t11-/m1/s1. The van der Waals surface area contributed by atoms with E-state index in [0.29, 0.717) is 10.7 Å². The van der Waals surface area contributed by atoms with Crippen LogP contribution in [0.4, 0.5) is 0 Å². The molecule has 1 aromatic heterocycles. The third kappa shape index (κ3) is 2.93. The quantitative estimate of drug-likeness (QED) is 0.743. The first-order valence-corrected chi connectivity index (χ1v) is 7.15. The lowest BCUT2D eigenvalue weighted by Gasteiger charge is -2.13. The molecule has 3 nitrogen and oxygen atoms in total. The van der Waals surface area contributed by atoms with Gasteiger partial charge >= 0.3 is 0 Å². The predicted octanol–water partition coefficient (Wildman–Crippen LogP) is 4.31. The van der Waals surface area contributed by atoms with Crippen LogP contribution in [0.2, 0.25) is 5.02 Å². The van der Waals surface area contributed by atoms with E-state index in [1.165, 1.54) is 0 Å². The average molecular weight is 299 g/mol. The van der Waals surface area contributed by atoms with E-state index in [0.717, 1.165) is 16.5 Å². The smallest absolute Gasteiger partial charge is 0.268 e. The highest BCUT2D eigenvalue weighted by molar-refractivity contribution is 6.30. The number of benzene rings is 2. The minimum absolute atomic E-state index is 0.109. The van der Waals surface area contributed by atoms with Gasteiger partial charge in [-0.1, -0.05) is 41.9 Å². The molecule has 2 aromatic carbocycles. The summed E-state index contributed by atoms with van der Waals surface area (Å²) < 4.78 is 0. The van der Waals surface area contributed by atoms with E-state index in [4.69, 9.17) is 11.6 Å². The summed E-state index contributed by atoms with van der Waals surface area (Å²) in [6.45, 7) is 1.94. The van der Waals surface area contributed by atoms with E-state index in [-0.39, 0.29) is 11.9 Å². The molecule has 0 spiro atoms. The fraction of sp³-hybridized carbons (Fsp3) is 0.118. The number of carbonyl (C=O) groups excluding carboxylic acids is 1. The molecule has 3 rings (SSSR count). The second-order valence-corrected chi connectivity index (χ2v) is 5.46. The van der Waals surface area contributed by atoms with Crippen LogP contribution in [-0.4, -0.2) is 10.9 Å². The van der Waals surface area contributed by atoms with Crippen LogP contribution in [0.25, 0.3) is 10.9 Å². The van der Waals surface area contributed by atoms with Gasteiger partial charge < -0.3 is 10.3 Å². The van der Waals surface area contributed by atoms with Crippen molar-refractivity contribution in [1.29, 1.82) is 0 Å². The van der Waals surface area contributed by atoms with Gasteiger partial charge in [0.1, 0.15) is 5.69 Å². The number of halogens is 1. The second kappa shape index (κ2) is 5.62. The Bertz CT molecular complexity index is 761. The third-order valence-corrected chi connectivity index (χ3v) is 3.71. The summed E-state index contributed by atoms with van der Waals surface area (Å²) in [5.74, 6) is -0.126. The molecule has 0 aliphatic carbocycles. The Morgan fingerprint density at radius 3 is 2.71 bits per heavy atom. The van der Waals surface area contributed by atoms with Crippen molar-refractivity contribution < 1.29 is 4.79 Å². The van der Waals surface area contributed by atoms with Crippen molar-refractivity contribution in [3.63, 3.8) is 0 Å². The molecule has 21 heavy (non-hydrogen) atoms. The molecule has 1 heterocycles. The summed E-state index contributed by atoms with van der Waals surface area (Å²) in [4.78, 5) is 15.4. The van der Waals surface area contributed by atoms with Crippen molar-refractivity contribution in [1.82, 2.24) is 10.3 Å². The van der Waals surface area contributed by atoms with E-state index >= 15 is 0 Å². The van der Waals surface area contributed by atoms with Crippen LogP contribution < -0.4 is 5.32 Å². The summed E-state index contributed by atoms with van der Waals surface area (Å²) in [6, 6.07) is 17.1. The minimum Gasteiger partial charge on any atom is -0.351 e. The summed E-state index contributed by atoms with van der Waals surface area (Å²) in [6.07, 6.45) is 0. The van der Waals surface area contributed by atoms with Crippen LogP contribution in [0.1, 0.15) is 29.0 Å². The van der Waals surface area contributed by atoms with Gasteiger partial charge in [0.25, 0.3) is 5.91 Å². The van der Waals surface area contributed by atoms with Crippen molar-refractivity contribution in [2.24, 2.45) is 0 Å². The van der Waals surface area contributed by atoms with Gasteiger partial charge in [0, 0.05) is 15.9 Å². The number of nitrogens with one attached hydrogen (secondary N) is 2. The second-order valence-electron chi connectivity index (χ2n) is 5.02. The molecule has 1 atom stereocenters. The summed E-state index contributed by atoms with van der Waals surface area (Å²) in [5, 5.41) is 4.66. The zero-order chi connectivity index (χ0) is 14.8. The maximum absolute atomic E-state index is 12.3. The number of carbonyl (C=O) groups is 1. The van der Waals surface area contributed by atoms with Gasteiger partial charge in [-0.25, -0.2) is 0 Å².